The van der Waals surface area contributed by atoms with Crippen molar-refractivity contribution in [2.24, 2.45) is 7.05 Å². The summed E-state index contributed by atoms with van der Waals surface area (Å²) in [6.45, 7) is 2.09. The van der Waals surface area contributed by atoms with Crippen LogP contribution in [0, 0.1) is 0 Å². The molecule has 1 N–H and O–H groups in total. The molecule has 0 amide bonds. The van der Waals surface area contributed by atoms with E-state index in [1.807, 2.05) is 30.5 Å². The SMILES string of the molecule is Cn1nccc1CCn1cncc1C1CCCN1. The summed E-state index contributed by atoms with van der Waals surface area (Å²) in [5.41, 5.74) is 2.57. The molecule has 0 radical (unpaired) electrons. The van der Waals surface area contributed by atoms with Gasteiger partial charge in [0.05, 0.1) is 12.0 Å². The lowest BCUT2D eigenvalue weighted by molar-refractivity contribution is 0.553. The fraction of sp³-hybridized carbons (Fsp3) is 0.538. The predicted molar refractivity (Wildman–Crippen MR) is 69.1 cm³/mol. The maximum absolute atomic E-state index is 4.29. The summed E-state index contributed by atoms with van der Waals surface area (Å²) in [5.74, 6) is 0. The third kappa shape index (κ3) is 2.18. The number of hydrogen-bond donors (Lipinski definition) is 1. The van der Waals surface area contributed by atoms with E-state index >= 15 is 0 Å². The van der Waals surface area contributed by atoms with Crippen molar-refractivity contribution in [2.75, 3.05) is 6.54 Å². The van der Waals surface area contributed by atoms with Crippen LogP contribution in [0.4, 0.5) is 0 Å². The van der Waals surface area contributed by atoms with Crippen LogP contribution in [0.5, 0.6) is 0 Å². The van der Waals surface area contributed by atoms with Crippen molar-refractivity contribution in [2.45, 2.75) is 31.8 Å². The van der Waals surface area contributed by atoms with Gasteiger partial charge in [0.25, 0.3) is 0 Å². The minimum atomic E-state index is 0.485. The van der Waals surface area contributed by atoms with Gasteiger partial charge in [-0.2, -0.15) is 5.10 Å². The van der Waals surface area contributed by atoms with Crippen molar-refractivity contribution in [3.63, 3.8) is 0 Å². The van der Waals surface area contributed by atoms with E-state index in [0.717, 1.165) is 19.5 Å². The molecule has 0 bridgehead atoms. The quantitative estimate of drug-likeness (QED) is 0.883. The minimum absolute atomic E-state index is 0.485. The monoisotopic (exact) mass is 245 g/mol. The van der Waals surface area contributed by atoms with E-state index in [9.17, 15) is 0 Å². The topological polar surface area (TPSA) is 47.7 Å². The first kappa shape index (κ1) is 11.5. The number of nitrogens with zero attached hydrogens (tertiary/aromatic N) is 4. The van der Waals surface area contributed by atoms with Crippen molar-refractivity contribution in [1.29, 1.82) is 0 Å². The van der Waals surface area contributed by atoms with E-state index < -0.39 is 0 Å². The third-order valence-electron chi connectivity index (χ3n) is 3.69. The first-order valence-corrected chi connectivity index (χ1v) is 6.55. The summed E-state index contributed by atoms with van der Waals surface area (Å²) in [6.07, 6.45) is 9.25. The number of aryl methyl sites for hydroxylation is 3. The van der Waals surface area contributed by atoms with Crippen LogP contribution < -0.4 is 5.32 Å². The lowest BCUT2D eigenvalue weighted by Gasteiger charge is -2.13. The van der Waals surface area contributed by atoms with Crippen LogP contribution >= 0.6 is 0 Å². The van der Waals surface area contributed by atoms with Gasteiger partial charge in [-0.05, 0) is 25.5 Å². The van der Waals surface area contributed by atoms with Gasteiger partial charge in [-0.1, -0.05) is 0 Å². The second-order valence-electron chi connectivity index (χ2n) is 4.86. The Morgan fingerprint density at radius 3 is 3.17 bits per heavy atom. The molecular weight excluding hydrogens is 226 g/mol. The lowest BCUT2D eigenvalue weighted by atomic mass is 10.1. The van der Waals surface area contributed by atoms with Gasteiger partial charge in [-0.15, -0.1) is 0 Å². The van der Waals surface area contributed by atoms with E-state index in [0.29, 0.717) is 6.04 Å². The number of nitrogens with one attached hydrogen (secondary N) is 1. The Morgan fingerprint density at radius 2 is 2.44 bits per heavy atom. The molecule has 1 atom stereocenters. The molecule has 0 aliphatic carbocycles. The van der Waals surface area contributed by atoms with E-state index in [1.165, 1.54) is 24.2 Å². The molecule has 3 rings (SSSR count). The molecule has 1 aliphatic rings. The maximum Gasteiger partial charge on any atom is 0.0948 e. The Balaban J connectivity index is 1.69. The summed E-state index contributed by atoms with van der Waals surface area (Å²) in [4.78, 5) is 4.29. The van der Waals surface area contributed by atoms with Crippen molar-refractivity contribution in [3.05, 3.63) is 36.2 Å². The second-order valence-corrected chi connectivity index (χ2v) is 4.86. The molecule has 1 unspecified atom stereocenters. The molecule has 5 heteroatoms. The third-order valence-corrected chi connectivity index (χ3v) is 3.69. The Kier molecular flexibility index (Phi) is 3.15. The molecule has 0 spiro atoms. The molecule has 0 saturated carbocycles. The highest BCUT2D eigenvalue weighted by Crippen LogP contribution is 2.22. The Morgan fingerprint density at radius 1 is 1.50 bits per heavy atom. The molecule has 0 aromatic carbocycles. The summed E-state index contributed by atoms with van der Waals surface area (Å²) >= 11 is 0. The molecule has 18 heavy (non-hydrogen) atoms. The first-order chi connectivity index (χ1) is 8.84. The van der Waals surface area contributed by atoms with Gasteiger partial charge in [-0.25, -0.2) is 4.98 Å². The molecule has 1 aliphatic heterocycles. The average molecular weight is 245 g/mol. The molecule has 3 heterocycles. The highest BCUT2D eigenvalue weighted by atomic mass is 15.3. The molecular formula is C13H19N5. The predicted octanol–water partition coefficient (Wildman–Crippen LogP) is 1.28. The standard InChI is InChI=1S/C13H19N5/c1-17-11(4-7-16-17)5-8-18-10-14-9-13(18)12-3-2-6-15-12/h4,7,9-10,12,15H,2-3,5-6,8H2,1H3. The molecule has 1 fully saturated rings. The molecule has 2 aromatic rings. The van der Waals surface area contributed by atoms with Crippen LogP contribution in [0.1, 0.15) is 30.3 Å². The zero-order chi connectivity index (χ0) is 12.4. The summed E-state index contributed by atoms with van der Waals surface area (Å²) < 4.78 is 4.19. The molecule has 5 nitrogen and oxygen atoms in total. The fourth-order valence-corrected chi connectivity index (χ4v) is 2.63. The van der Waals surface area contributed by atoms with E-state index in [-0.39, 0.29) is 0 Å². The van der Waals surface area contributed by atoms with Crippen LogP contribution in [0.2, 0.25) is 0 Å². The highest BCUT2D eigenvalue weighted by molar-refractivity contribution is 5.08. The van der Waals surface area contributed by atoms with Gasteiger partial charge < -0.3 is 9.88 Å². The number of rotatable bonds is 4. The van der Waals surface area contributed by atoms with Crippen LogP contribution in [0.25, 0.3) is 0 Å². The smallest absolute Gasteiger partial charge is 0.0948 e. The zero-order valence-corrected chi connectivity index (χ0v) is 10.7. The lowest BCUT2D eigenvalue weighted by Crippen LogP contribution is -2.17. The molecule has 1 saturated heterocycles. The summed E-state index contributed by atoms with van der Waals surface area (Å²) in [5, 5.41) is 7.72. The van der Waals surface area contributed by atoms with Crippen LogP contribution in [0.3, 0.4) is 0 Å². The van der Waals surface area contributed by atoms with Gasteiger partial charge in [0, 0.05) is 44.1 Å². The number of aromatic nitrogens is 4. The van der Waals surface area contributed by atoms with Crippen LogP contribution in [-0.2, 0) is 20.0 Å². The van der Waals surface area contributed by atoms with Gasteiger partial charge in [0.15, 0.2) is 0 Å². The Bertz CT molecular complexity index is 507. The largest absolute Gasteiger partial charge is 0.333 e. The van der Waals surface area contributed by atoms with E-state index in [2.05, 4.69) is 26.0 Å². The number of imidazole rings is 1. The van der Waals surface area contributed by atoms with Crippen LogP contribution in [0.15, 0.2) is 24.8 Å². The van der Waals surface area contributed by atoms with Gasteiger partial charge >= 0.3 is 0 Å². The summed E-state index contributed by atoms with van der Waals surface area (Å²) in [6, 6.07) is 2.56. The zero-order valence-electron chi connectivity index (χ0n) is 10.7. The normalized spacial score (nSPS) is 19.5. The van der Waals surface area contributed by atoms with E-state index in [1.54, 1.807) is 0 Å². The number of hydrogen-bond acceptors (Lipinski definition) is 3. The Labute approximate surface area is 107 Å². The van der Waals surface area contributed by atoms with Crippen molar-refractivity contribution < 1.29 is 0 Å². The second kappa shape index (κ2) is 4.94. The minimum Gasteiger partial charge on any atom is -0.333 e. The first-order valence-electron chi connectivity index (χ1n) is 6.55. The van der Waals surface area contributed by atoms with Gasteiger partial charge in [-0.3, -0.25) is 4.68 Å². The Hall–Kier alpha value is -1.62. The van der Waals surface area contributed by atoms with E-state index in [4.69, 9.17) is 0 Å². The molecule has 96 valence electrons. The van der Waals surface area contributed by atoms with Gasteiger partial charge in [0.2, 0.25) is 0 Å². The van der Waals surface area contributed by atoms with Gasteiger partial charge in [0.1, 0.15) is 0 Å². The van der Waals surface area contributed by atoms with Crippen molar-refractivity contribution in [3.8, 4) is 0 Å². The fourth-order valence-electron chi connectivity index (χ4n) is 2.63. The molecule has 2 aromatic heterocycles. The summed E-state index contributed by atoms with van der Waals surface area (Å²) in [7, 11) is 1.99. The van der Waals surface area contributed by atoms with Crippen molar-refractivity contribution in [1.82, 2.24) is 24.6 Å². The average Bonchev–Trinajstić information content (AvgIpc) is 3.07. The van der Waals surface area contributed by atoms with Crippen LogP contribution in [-0.4, -0.2) is 25.9 Å². The van der Waals surface area contributed by atoms with Crippen molar-refractivity contribution >= 4 is 0 Å². The highest BCUT2D eigenvalue weighted by Gasteiger charge is 2.19. The maximum atomic E-state index is 4.29.